The van der Waals surface area contributed by atoms with Crippen LogP contribution in [-0.4, -0.2) is 52.9 Å². The van der Waals surface area contributed by atoms with E-state index in [9.17, 15) is 9.90 Å². The van der Waals surface area contributed by atoms with Gasteiger partial charge in [0.2, 0.25) is 0 Å². The lowest BCUT2D eigenvalue weighted by atomic mass is 9.72. The number of rotatable bonds is 7. The zero-order valence-corrected chi connectivity index (χ0v) is 24.3. The Morgan fingerprint density at radius 1 is 1.05 bits per heavy atom. The molecule has 0 aliphatic carbocycles. The summed E-state index contributed by atoms with van der Waals surface area (Å²) < 4.78 is 6.39. The molecular weight excluding hydrogens is 510 g/mol. The van der Waals surface area contributed by atoms with Gasteiger partial charge in [0.15, 0.2) is 0 Å². The van der Waals surface area contributed by atoms with Crippen molar-refractivity contribution in [1.29, 1.82) is 0 Å². The molecule has 2 aromatic carbocycles. The first-order valence-electron chi connectivity index (χ1n) is 14.7. The highest BCUT2D eigenvalue weighted by molar-refractivity contribution is 6.30. The van der Waals surface area contributed by atoms with Crippen LogP contribution in [0.2, 0.25) is 5.02 Å². The molecule has 0 spiro atoms. The quantitative estimate of drug-likeness (QED) is 0.351. The Labute approximate surface area is 238 Å². The number of carbonyl (C=O) groups is 1. The van der Waals surface area contributed by atoms with Crippen molar-refractivity contribution in [1.82, 2.24) is 10.2 Å². The van der Waals surface area contributed by atoms with Gasteiger partial charge in [0.05, 0.1) is 5.60 Å². The van der Waals surface area contributed by atoms with Crippen LogP contribution in [0.3, 0.4) is 0 Å². The number of hydrogen-bond donors (Lipinski definition) is 3. The van der Waals surface area contributed by atoms with E-state index in [1.165, 1.54) is 5.56 Å². The van der Waals surface area contributed by atoms with Crippen LogP contribution < -0.4 is 15.4 Å². The van der Waals surface area contributed by atoms with Crippen molar-refractivity contribution >= 4 is 23.3 Å². The Morgan fingerprint density at radius 2 is 1.67 bits per heavy atom. The van der Waals surface area contributed by atoms with Gasteiger partial charge in [0, 0.05) is 35.9 Å². The van der Waals surface area contributed by atoms with E-state index < -0.39 is 5.60 Å². The Bertz CT molecular complexity index is 1080. The Hall–Kier alpha value is -2.28. The highest BCUT2D eigenvalue weighted by Crippen LogP contribution is 2.38. The normalized spacial score (nSPS) is 26.6. The van der Waals surface area contributed by atoms with Crippen molar-refractivity contribution in [3.8, 4) is 5.75 Å². The third kappa shape index (κ3) is 7.68. The number of carbonyl (C=O) groups excluding carboxylic acids is 1. The van der Waals surface area contributed by atoms with Crippen LogP contribution in [0.4, 0.5) is 10.5 Å². The standard InChI is InChI=1S/C32H44ClN3O3/c1-21(20-32(2,3)38)24-16-27-18-30(19-28(17-24)34-27)39-29-10-8-26(9-11-29)35-31(37)36-14-12-23(13-15-36)22-4-6-25(33)7-5-22/h4-11,21,23-24,27-28,30,34,38H,12-20H2,1-3H3,(H,35,37)/t21?,24?,27-,28+,30+. The molecule has 7 heteroatoms. The largest absolute Gasteiger partial charge is 0.490 e. The number of nitrogens with one attached hydrogen (secondary N) is 2. The van der Waals surface area contributed by atoms with Gasteiger partial charge >= 0.3 is 6.03 Å². The minimum Gasteiger partial charge on any atom is -0.490 e. The predicted molar refractivity (Wildman–Crippen MR) is 158 cm³/mol. The molecule has 2 bridgehead atoms. The van der Waals surface area contributed by atoms with E-state index in [0.717, 1.165) is 74.5 Å². The molecule has 3 N–H and O–H groups in total. The van der Waals surface area contributed by atoms with E-state index in [-0.39, 0.29) is 12.1 Å². The number of aliphatic hydroxyl groups is 1. The number of nitrogens with zero attached hydrogens (tertiary/aromatic N) is 1. The average Bonchev–Trinajstić information content (AvgIpc) is 2.89. The molecule has 0 saturated carbocycles. The topological polar surface area (TPSA) is 73.8 Å². The van der Waals surface area contributed by atoms with E-state index in [4.69, 9.17) is 16.3 Å². The summed E-state index contributed by atoms with van der Waals surface area (Å²) in [6, 6.07) is 16.8. The minimum absolute atomic E-state index is 0.0437. The number of amides is 2. The lowest BCUT2D eigenvalue weighted by Gasteiger charge is -2.45. The van der Waals surface area contributed by atoms with Crippen molar-refractivity contribution in [3.63, 3.8) is 0 Å². The number of piperidine rings is 3. The highest BCUT2D eigenvalue weighted by atomic mass is 35.5. The van der Waals surface area contributed by atoms with E-state index in [1.54, 1.807) is 0 Å². The zero-order valence-electron chi connectivity index (χ0n) is 23.5. The molecule has 6 nitrogen and oxygen atoms in total. The van der Waals surface area contributed by atoms with E-state index in [1.807, 2.05) is 55.1 Å². The molecule has 3 aliphatic rings. The molecule has 0 radical (unpaired) electrons. The molecule has 5 atom stereocenters. The maximum atomic E-state index is 12.9. The molecule has 3 fully saturated rings. The fourth-order valence-corrected chi connectivity index (χ4v) is 7.16. The average molecular weight is 554 g/mol. The number of halogens is 1. The van der Waals surface area contributed by atoms with Gasteiger partial charge in [-0.15, -0.1) is 0 Å². The zero-order chi connectivity index (χ0) is 27.6. The van der Waals surface area contributed by atoms with Crippen LogP contribution in [0.15, 0.2) is 48.5 Å². The lowest BCUT2D eigenvalue weighted by Crippen LogP contribution is -2.54. The Kier molecular flexibility index (Phi) is 8.75. The van der Waals surface area contributed by atoms with Gasteiger partial charge in [-0.05, 0) is 119 Å². The van der Waals surface area contributed by atoms with E-state index >= 15 is 0 Å². The lowest BCUT2D eigenvalue weighted by molar-refractivity contribution is 0.0207. The summed E-state index contributed by atoms with van der Waals surface area (Å²) in [5.74, 6) is 2.50. The molecule has 5 rings (SSSR count). The van der Waals surface area contributed by atoms with Gasteiger partial charge in [-0.2, -0.15) is 0 Å². The second kappa shape index (κ2) is 12.1. The first kappa shape index (κ1) is 28.3. The Morgan fingerprint density at radius 3 is 2.26 bits per heavy atom. The van der Waals surface area contributed by atoms with Gasteiger partial charge in [0.25, 0.3) is 0 Å². The summed E-state index contributed by atoms with van der Waals surface area (Å²) in [5, 5.41) is 17.9. The molecule has 2 amide bonds. The van der Waals surface area contributed by atoms with Crippen LogP contribution in [0.5, 0.6) is 5.75 Å². The van der Waals surface area contributed by atoms with Gasteiger partial charge < -0.3 is 25.4 Å². The van der Waals surface area contributed by atoms with Gasteiger partial charge in [-0.1, -0.05) is 30.7 Å². The highest BCUT2D eigenvalue weighted by Gasteiger charge is 2.39. The number of urea groups is 1. The van der Waals surface area contributed by atoms with Crippen molar-refractivity contribution in [3.05, 3.63) is 59.1 Å². The van der Waals surface area contributed by atoms with Crippen LogP contribution in [0.1, 0.15) is 77.2 Å². The van der Waals surface area contributed by atoms with Crippen LogP contribution >= 0.6 is 11.6 Å². The van der Waals surface area contributed by atoms with E-state index in [0.29, 0.717) is 29.8 Å². The van der Waals surface area contributed by atoms with E-state index in [2.05, 4.69) is 29.7 Å². The summed E-state index contributed by atoms with van der Waals surface area (Å²) in [6.45, 7) is 7.61. The van der Waals surface area contributed by atoms with Crippen molar-refractivity contribution in [2.24, 2.45) is 11.8 Å². The summed E-state index contributed by atoms with van der Waals surface area (Å²) in [6.07, 6.45) is 7.28. The number of anilines is 1. The molecular formula is C32H44ClN3O3. The number of benzene rings is 2. The summed E-state index contributed by atoms with van der Waals surface area (Å²) in [4.78, 5) is 14.8. The number of fused-ring (bicyclic) bond motifs is 2. The van der Waals surface area contributed by atoms with Crippen molar-refractivity contribution < 1.29 is 14.6 Å². The molecule has 39 heavy (non-hydrogen) atoms. The SMILES string of the molecule is CC(CC(C)(C)O)C1C[C@@H]2C[C@H](Oc3ccc(NC(=O)N4CCC(c5ccc(Cl)cc5)CC4)cc3)C[C@H](C1)N2. The minimum atomic E-state index is -0.606. The van der Waals surface area contributed by atoms with Crippen molar-refractivity contribution in [2.75, 3.05) is 18.4 Å². The summed E-state index contributed by atoms with van der Waals surface area (Å²) >= 11 is 6.02. The summed E-state index contributed by atoms with van der Waals surface area (Å²) in [5.41, 5.74) is 1.48. The number of hydrogen-bond acceptors (Lipinski definition) is 4. The predicted octanol–water partition coefficient (Wildman–Crippen LogP) is 6.83. The van der Waals surface area contributed by atoms with Crippen LogP contribution in [-0.2, 0) is 0 Å². The van der Waals surface area contributed by atoms with Crippen molar-refractivity contribution in [2.45, 2.75) is 95.4 Å². The van der Waals surface area contributed by atoms with Gasteiger partial charge in [0.1, 0.15) is 11.9 Å². The first-order valence-corrected chi connectivity index (χ1v) is 15.1. The molecule has 0 aromatic heterocycles. The maximum absolute atomic E-state index is 12.9. The van der Waals surface area contributed by atoms with Gasteiger partial charge in [-0.3, -0.25) is 0 Å². The fraction of sp³-hybridized carbons (Fsp3) is 0.594. The smallest absolute Gasteiger partial charge is 0.321 e. The molecule has 212 valence electrons. The maximum Gasteiger partial charge on any atom is 0.321 e. The third-order valence-electron chi connectivity index (χ3n) is 8.90. The second-order valence-electron chi connectivity index (χ2n) is 12.8. The van der Waals surface area contributed by atoms with Crippen LogP contribution in [0, 0.1) is 11.8 Å². The van der Waals surface area contributed by atoms with Crippen LogP contribution in [0.25, 0.3) is 0 Å². The first-order chi connectivity index (χ1) is 18.6. The molecule has 2 unspecified atom stereocenters. The number of ether oxygens (including phenoxy) is 1. The third-order valence-corrected chi connectivity index (χ3v) is 9.15. The summed E-state index contributed by atoms with van der Waals surface area (Å²) in [7, 11) is 0. The molecule has 3 saturated heterocycles. The monoisotopic (exact) mass is 553 g/mol. The molecule has 3 heterocycles. The molecule has 2 aromatic rings. The van der Waals surface area contributed by atoms with Gasteiger partial charge in [-0.25, -0.2) is 4.79 Å². The second-order valence-corrected chi connectivity index (χ2v) is 13.2. The Balaban J connectivity index is 1.07. The number of likely N-dealkylation sites (tertiary alicyclic amines) is 1. The fourth-order valence-electron chi connectivity index (χ4n) is 7.03. The molecule has 3 aliphatic heterocycles.